The topological polar surface area (TPSA) is 71.1 Å². The summed E-state index contributed by atoms with van der Waals surface area (Å²) in [6, 6.07) is 14.5. The van der Waals surface area contributed by atoms with Gasteiger partial charge >= 0.3 is 11.9 Å². The Morgan fingerprint density at radius 2 is 1.07 bits per heavy atom. The number of rotatable bonds is 21. The van der Waals surface area contributed by atoms with Crippen molar-refractivity contribution in [2.24, 2.45) is 0 Å². The molecule has 0 bridgehead atoms. The second kappa shape index (κ2) is 19.2. The molecule has 6 nitrogen and oxygen atoms in total. The third-order valence-electron chi connectivity index (χ3n) is 8.20. The van der Waals surface area contributed by atoms with Gasteiger partial charge in [0.15, 0.2) is 0 Å². The molecule has 0 fully saturated rings. The van der Waals surface area contributed by atoms with Gasteiger partial charge < -0.3 is 18.9 Å². The first-order valence-corrected chi connectivity index (χ1v) is 17.1. The summed E-state index contributed by atoms with van der Waals surface area (Å²) in [6.07, 6.45) is 10.8. The molecule has 0 aromatic heterocycles. The standard InChI is InChI=1S/C38H54O6/c1-6-11-13-15-21-35(39)43-29(9-4)26-41-37-31-19-17-18-20-32(31)38(34-25-28(8-3)23-24-33(34)37)42-27-30(10-5)44-36(40)22-16-14-12-7-2/h17-20,23-25,29-30H,6-16,21-22,26-27H2,1-5H3. The molecule has 0 saturated carbocycles. The molecule has 242 valence electrons. The molecule has 0 aliphatic carbocycles. The van der Waals surface area contributed by atoms with Gasteiger partial charge in [0.25, 0.3) is 0 Å². The zero-order valence-corrected chi connectivity index (χ0v) is 27.8. The molecule has 44 heavy (non-hydrogen) atoms. The zero-order valence-electron chi connectivity index (χ0n) is 27.8. The van der Waals surface area contributed by atoms with Crippen molar-refractivity contribution in [2.75, 3.05) is 13.2 Å². The monoisotopic (exact) mass is 606 g/mol. The van der Waals surface area contributed by atoms with Gasteiger partial charge in [0.05, 0.1) is 0 Å². The van der Waals surface area contributed by atoms with E-state index in [0.29, 0.717) is 25.7 Å². The fraction of sp³-hybridized carbons (Fsp3) is 0.579. The van der Waals surface area contributed by atoms with Gasteiger partial charge in [-0.05, 0) is 43.7 Å². The van der Waals surface area contributed by atoms with Crippen LogP contribution in [-0.4, -0.2) is 37.4 Å². The van der Waals surface area contributed by atoms with E-state index in [9.17, 15) is 9.59 Å². The van der Waals surface area contributed by atoms with E-state index >= 15 is 0 Å². The summed E-state index contributed by atoms with van der Waals surface area (Å²) < 4.78 is 24.7. The highest BCUT2D eigenvalue weighted by molar-refractivity contribution is 6.11. The lowest BCUT2D eigenvalue weighted by molar-refractivity contribution is -0.151. The number of fused-ring (bicyclic) bond motifs is 2. The highest BCUT2D eigenvalue weighted by Gasteiger charge is 2.21. The maximum atomic E-state index is 12.5. The fourth-order valence-corrected chi connectivity index (χ4v) is 5.38. The number of benzene rings is 3. The van der Waals surface area contributed by atoms with Crippen LogP contribution in [0.25, 0.3) is 21.5 Å². The summed E-state index contributed by atoms with van der Waals surface area (Å²) in [6.45, 7) is 11.0. The Morgan fingerprint density at radius 1 is 0.591 bits per heavy atom. The number of unbranched alkanes of at least 4 members (excludes halogenated alkanes) is 6. The molecular weight excluding hydrogens is 552 g/mol. The van der Waals surface area contributed by atoms with Crippen LogP contribution in [0.1, 0.15) is 117 Å². The molecule has 0 aliphatic rings. The number of hydrogen-bond acceptors (Lipinski definition) is 6. The summed E-state index contributed by atoms with van der Waals surface area (Å²) in [5.74, 6) is 1.21. The number of carbonyl (C=O) groups is 2. The van der Waals surface area contributed by atoms with Crippen LogP contribution in [0.15, 0.2) is 42.5 Å². The second-order valence-corrected chi connectivity index (χ2v) is 11.7. The molecule has 0 aliphatic heterocycles. The van der Waals surface area contributed by atoms with Crippen molar-refractivity contribution in [1.29, 1.82) is 0 Å². The van der Waals surface area contributed by atoms with Gasteiger partial charge in [-0.1, -0.05) is 110 Å². The van der Waals surface area contributed by atoms with E-state index in [1.807, 2.05) is 38.1 Å². The summed E-state index contributed by atoms with van der Waals surface area (Å²) in [7, 11) is 0. The van der Waals surface area contributed by atoms with Crippen molar-refractivity contribution >= 4 is 33.5 Å². The lowest BCUT2D eigenvalue weighted by atomic mass is 9.98. The van der Waals surface area contributed by atoms with Crippen LogP contribution in [0.5, 0.6) is 11.5 Å². The maximum absolute atomic E-state index is 12.5. The van der Waals surface area contributed by atoms with Crippen LogP contribution >= 0.6 is 0 Å². The molecule has 3 aromatic carbocycles. The van der Waals surface area contributed by atoms with Gasteiger partial charge in [0.1, 0.15) is 36.9 Å². The largest absolute Gasteiger partial charge is 0.488 e. The fourth-order valence-electron chi connectivity index (χ4n) is 5.38. The van der Waals surface area contributed by atoms with E-state index in [1.54, 1.807) is 0 Å². The van der Waals surface area contributed by atoms with Gasteiger partial charge in [0, 0.05) is 34.4 Å². The molecule has 3 rings (SSSR count). The molecule has 0 radical (unpaired) electrons. The van der Waals surface area contributed by atoms with E-state index in [1.165, 1.54) is 5.56 Å². The first kappa shape index (κ1) is 35.2. The highest BCUT2D eigenvalue weighted by Crippen LogP contribution is 2.43. The number of carbonyl (C=O) groups excluding carboxylic acids is 2. The Balaban J connectivity index is 1.84. The Labute approximate surface area is 264 Å². The molecule has 0 amide bonds. The lowest BCUT2D eigenvalue weighted by Crippen LogP contribution is -2.25. The maximum Gasteiger partial charge on any atom is 0.306 e. The van der Waals surface area contributed by atoms with Crippen LogP contribution in [0.3, 0.4) is 0 Å². The van der Waals surface area contributed by atoms with Crippen molar-refractivity contribution < 1.29 is 28.5 Å². The number of ether oxygens (including phenoxy) is 4. The normalized spacial score (nSPS) is 12.7. The van der Waals surface area contributed by atoms with Crippen molar-refractivity contribution in [3.05, 3.63) is 48.0 Å². The van der Waals surface area contributed by atoms with Crippen molar-refractivity contribution in [2.45, 2.75) is 130 Å². The van der Waals surface area contributed by atoms with Crippen molar-refractivity contribution in [3.63, 3.8) is 0 Å². The van der Waals surface area contributed by atoms with E-state index in [0.717, 1.165) is 90.8 Å². The minimum atomic E-state index is -0.324. The summed E-state index contributed by atoms with van der Waals surface area (Å²) in [4.78, 5) is 25.0. The molecule has 0 heterocycles. The molecule has 3 aromatic rings. The first-order valence-electron chi connectivity index (χ1n) is 17.1. The van der Waals surface area contributed by atoms with Crippen molar-refractivity contribution in [3.8, 4) is 11.5 Å². The molecule has 0 spiro atoms. The van der Waals surface area contributed by atoms with Gasteiger partial charge in [0.2, 0.25) is 0 Å². The smallest absolute Gasteiger partial charge is 0.306 e. The summed E-state index contributed by atoms with van der Waals surface area (Å²) >= 11 is 0. The Kier molecular flexibility index (Phi) is 15.3. The molecule has 6 heteroatoms. The van der Waals surface area contributed by atoms with Gasteiger partial charge in [-0.25, -0.2) is 0 Å². The quantitative estimate of drug-likeness (QED) is 0.0683. The van der Waals surface area contributed by atoms with Crippen LogP contribution in [0, 0.1) is 0 Å². The number of esters is 2. The highest BCUT2D eigenvalue weighted by atomic mass is 16.6. The SMILES string of the molecule is CCCCCCC(=O)OC(CC)COc1c2ccccc2c(OCC(CC)OC(=O)CCCCCC)c2cc(CC)ccc12. The minimum Gasteiger partial charge on any atom is -0.488 e. The molecule has 2 unspecified atom stereocenters. The van der Waals surface area contributed by atoms with Gasteiger partial charge in [-0.2, -0.15) is 0 Å². The van der Waals surface area contributed by atoms with E-state index in [-0.39, 0.29) is 37.4 Å². The van der Waals surface area contributed by atoms with Crippen LogP contribution in [-0.2, 0) is 25.5 Å². The van der Waals surface area contributed by atoms with E-state index in [2.05, 4.69) is 39.0 Å². The summed E-state index contributed by atoms with van der Waals surface area (Å²) in [5.41, 5.74) is 1.19. The summed E-state index contributed by atoms with van der Waals surface area (Å²) in [5, 5.41) is 3.77. The van der Waals surface area contributed by atoms with Crippen LogP contribution in [0.4, 0.5) is 0 Å². The number of hydrogen-bond donors (Lipinski definition) is 0. The molecular formula is C38H54O6. The van der Waals surface area contributed by atoms with Crippen LogP contribution < -0.4 is 9.47 Å². The van der Waals surface area contributed by atoms with Gasteiger partial charge in [-0.3, -0.25) is 9.59 Å². The third kappa shape index (κ3) is 10.4. The molecule has 2 atom stereocenters. The second-order valence-electron chi connectivity index (χ2n) is 11.7. The third-order valence-corrected chi connectivity index (χ3v) is 8.20. The van der Waals surface area contributed by atoms with E-state index in [4.69, 9.17) is 18.9 Å². The zero-order chi connectivity index (χ0) is 31.7. The Bertz CT molecular complexity index is 1320. The van der Waals surface area contributed by atoms with Gasteiger partial charge in [-0.15, -0.1) is 0 Å². The predicted octanol–water partition coefficient (Wildman–Crippen LogP) is 9.90. The van der Waals surface area contributed by atoms with Crippen LogP contribution in [0.2, 0.25) is 0 Å². The van der Waals surface area contributed by atoms with Crippen molar-refractivity contribution in [1.82, 2.24) is 0 Å². The first-order chi connectivity index (χ1) is 21.4. The molecule has 0 N–H and O–H groups in total. The Morgan fingerprint density at radius 3 is 1.52 bits per heavy atom. The average Bonchev–Trinajstić information content (AvgIpc) is 3.05. The minimum absolute atomic E-state index is 0.157. The average molecular weight is 607 g/mol. The van der Waals surface area contributed by atoms with E-state index < -0.39 is 0 Å². The lowest BCUT2D eigenvalue weighted by Gasteiger charge is -2.22. The number of aryl methyl sites for hydroxylation is 1. The predicted molar refractivity (Wildman–Crippen MR) is 180 cm³/mol. The Hall–Kier alpha value is -3.28. The molecule has 0 saturated heterocycles.